The minimum Gasteiger partial charge on any atom is -0.363 e. The molecule has 9 nitrogen and oxygen atoms in total. The fourth-order valence-electron chi connectivity index (χ4n) is 3.46. The minimum absolute atomic E-state index is 0.0439. The molecule has 3 aromatic carbocycles. The second-order valence-corrected chi connectivity index (χ2v) is 7.25. The number of nitro groups is 2. The summed E-state index contributed by atoms with van der Waals surface area (Å²) in [5.41, 5.74) is 3.76. The van der Waals surface area contributed by atoms with Gasteiger partial charge in [0.2, 0.25) is 0 Å². The van der Waals surface area contributed by atoms with Gasteiger partial charge < -0.3 is 4.90 Å². The molecule has 4 rings (SSSR count). The maximum atomic E-state index is 10.9. The van der Waals surface area contributed by atoms with Crippen molar-refractivity contribution < 1.29 is 9.85 Å². The average molecular weight is 417 g/mol. The Bertz CT molecular complexity index is 1190. The first kappa shape index (κ1) is 20.0. The van der Waals surface area contributed by atoms with Gasteiger partial charge in [0.1, 0.15) is 0 Å². The van der Waals surface area contributed by atoms with Crippen molar-refractivity contribution in [2.75, 3.05) is 4.90 Å². The fourth-order valence-corrected chi connectivity index (χ4v) is 3.46. The standard InChI is InChI=1S/C22H19N5O4/c1-24-15-18-12-21(10-11-22(18)23-24)25(13-16-2-6-19(7-3-16)26(28)29)14-17-4-8-20(9-5-17)27(30)31/h2-12,15H,13-14H2,1H3. The van der Waals surface area contributed by atoms with Gasteiger partial charge in [-0.2, -0.15) is 5.10 Å². The number of aryl methyl sites for hydroxylation is 1. The quantitative estimate of drug-likeness (QED) is 0.321. The summed E-state index contributed by atoms with van der Waals surface area (Å²) in [5, 5.41) is 27.3. The lowest BCUT2D eigenvalue weighted by Gasteiger charge is -2.25. The number of nitrogens with zero attached hydrogens (tertiary/aromatic N) is 5. The molecule has 0 N–H and O–H groups in total. The highest BCUT2D eigenvalue weighted by Gasteiger charge is 2.13. The molecule has 31 heavy (non-hydrogen) atoms. The predicted molar refractivity (Wildman–Crippen MR) is 117 cm³/mol. The second-order valence-electron chi connectivity index (χ2n) is 7.25. The summed E-state index contributed by atoms with van der Waals surface area (Å²) in [7, 11) is 1.87. The number of hydrogen-bond donors (Lipinski definition) is 0. The zero-order valence-corrected chi connectivity index (χ0v) is 16.7. The Balaban J connectivity index is 1.66. The summed E-state index contributed by atoms with van der Waals surface area (Å²) >= 11 is 0. The lowest BCUT2D eigenvalue weighted by atomic mass is 10.1. The van der Waals surface area contributed by atoms with Crippen LogP contribution in [0.1, 0.15) is 11.1 Å². The SMILES string of the molecule is Cn1cc2cc(N(Cc3ccc([N+](=O)[O-])cc3)Cc3ccc([N+](=O)[O-])cc3)ccc2n1. The van der Waals surface area contributed by atoms with E-state index in [1.807, 2.05) is 31.4 Å². The van der Waals surface area contributed by atoms with Crippen molar-refractivity contribution in [2.45, 2.75) is 13.1 Å². The third kappa shape index (κ3) is 4.50. The first-order chi connectivity index (χ1) is 14.9. The Morgan fingerprint density at radius 3 is 1.84 bits per heavy atom. The molecule has 9 heteroatoms. The number of hydrogen-bond acceptors (Lipinski definition) is 6. The maximum Gasteiger partial charge on any atom is 0.269 e. The van der Waals surface area contributed by atoms with E-state index in [0.717, 1.165) is 27.7 Å². The van der Waals surface area contributed by atoms with Crippen LogP contribution in [-0.4, -0.2) is 19.6 Å². The van der Waals surface area contributed by atoms with Crippen molar-refractivity contribution in [1.29, 1.82) is 0 Å². The monoisotopic (exact) mass is 417 g/mol. The summed E-state index contributed by atoms with van der Waals surface area (Å²) in [5.74, 6) is 0. The van der Waals surface area contributed by atoms with E-state index in [4.69, 9.17) is 0 Å². The molecule has 4 aromatic rings. The van der Waals surface area contributed by atoms with Crippen LogP contribution >= 0.6 is 0 Å². The largest absolute Gasteiger partial charge is 0.363 e. The van der Waals surface area contributed by atoms with Crippen LogP contribution in [-0.2, 0) is 20.1 Å². The second kappa shape index (κ2) is 8.23. The number of anilines is 1. The molecule has 0 fully saturated rings. The zero-order valence-electron chi connectivity index (χ0n) is 16.7. The predicted octanol–water partition coefficient (Wildman–Crippen LogP) is 4.60. The first-order valence-corrected chi connectivity index (χ1v) is 9.54. The van der Waals surface area contributed by atoms with Gasteiger partial charge in [-0.25, -0.2) is 0 Å². The average Bonchev–Trinajstić information content (AvgIpc) is 3.13. The summed E-state index contributed by atoms with van der Waals surface area (Å²) in [6, 6.07) is 18.9. The van der Waals surface area contributed by atoms with Gasteiger partial charge in [-0.15, -0.1) is 0 Å². The molecule has 0 amide bonds. The number of rotatable bonds is 7. The van der Waals surface area contributed by atoms with Crippen LogP contribution in [0.25, 0.3) is 10.9 Å². The summed E-state index contributed by atoms with van der Waals surface area (Å²) < 4.78 is 1.76. The molecule has 1 heterocycles. The van der Waals surface area contributed by atoms with E-state index in [0.29, 0.717) is 13.1 Å². The minimum atomic E-state index is -0.422. The summed E-state index contributed by atoms with van der Waals surface area (Å²) in [6.07, 6.45) is 1.94. The molecule has 0 atom stereocenters. The fraction of sp³-hybridized carbons (Fsp3) is 0.136. The molecule has 0 aliphatic rings. The molecule has 0 radical (unpaired) electrons. The molecule has 0 spiro atoms. The lowest BCUT2D eigenvalue weighted by Crippen LogP contribution is -2.22. The van der Waals surface area contributed by atoms with Gasteiger partial charge in [0, 0.05) is 61.7 Å². The Morgan fingerprint density at radius 1 is 0.839 bits per heavy atom. The van der Waals surface area contributed by atoms with E-state index >= 15 is 0 Å². The van der Waals surface area contributed by atoms with E-state index in [1.54, 1.807) is 28.9 Å². The molecular formula is C22H19N5O4. The van der Waals surface area contributed by atoms with Gasteiger partial charge >= 0.3 is 0 Å². The van der Waals surface area contributed by atoms with Crippen LogP contribution in [0.15, 0.2) is 72.9 Å². The highest BCUT2D eigenvalue weighted by Crippen LogP contribution is 2.26. The van der Waals surface area contributed by atoms with Gasteiger partial charge in [-0.3, -0.25) is 24.9 Å². The third-order valence-corrected chi connectivity index (χ3v) is 5.01. The molecule has 0 unspecified atom stereocenters. The van der Waals surface area contributed by atoms with Crippen molar-refractivity contribution in [2.24, 2.45) is 7.05 Å². The molecule has 0 aliphatic heterocycles. The van der Waals surface area contributed by atoms with Crippen LogP contribution in [0.3, 0.4) is 0 Å². The van der Waals surface area contributed by atoms with E-state index in [9.17, 15) is 20.2 Å². The van der Waals surface area contributed by atoms with Crippen LogP contribution in [0.2, 0.25) is 0 Å². The Hall–Kier alpha value is -4.27. The highest BCUT2D eigenvalue weighted by atomic mass is 16.6. The zero-order chi connectivity index (χ0) is 22.0. The van der Waals surface area contributed by atoms with Crippen molar-refractivity contribution in [3.05, 3.63) is 104 Å². The molecule has 0 bridgehead atoms. The first-order valence-electron chi connectivity index (χ1n) is 9.54. The van der Waals surface area contributed by atoms with Gasteiger partial charge in [0.05, 0.1) is 15.4 Å². The topological polar surface area (TPSA) is 107 Å². The van der Waals surface area contributed by atoms with Crippen molar-refractivity contribution in [1.82, 2.24) is 9.78 Å². The third-order valence-electron chi connectivity index (χ3n) is 5.01. The van der Waals surface area contributed by atoms with E-state index in [-0.39, 0.29) is 11.4 Å². The number of non-ortho nitro benzene ring substituents is 2. The van der Waals surface area contributed by atoms with Crippen molar-refractivity contribution in [3.8, 4) is 0 Å². The molecule has 0 saturated carbocycles. The van der Waals surface area contributed by atoms with Gasteiger partial charge in [-0.1, -0.05) is 24.3 Å². The Morgan fingerprint density at radius 2 is 1.35 bits per heavy atom. The Labute approximate surface area is 177 Å². The van der Waals surface area contributed by atoms with E-state index in [1.165, 1.54) is 24.3 Å². The normalized spacial score (nSPS) is 10.9. The highest BCUT2D eigenvalue weighted by molar-refractivity contribution is 5.82. The van der Waals surface area contributed by atoms with Gasteiger partial charge in [0.15, 0.2) is 0 Å². The van der Waals surface area contributed by atoms with Gasteiger partial charge in [-0.05, 0) is 29.3 Å². The van der Waals surface area contributed by atoms with E-state index in [2.05, 4.69) is 10.00 Å². The van der Waals surface area contributed by atoms with Crippen LogP contribution in [0.5, 0.6) is 0 Å². The molecular weight excluding hydrogens is 398 g/mol. The van der Waals surface area contributed by atoms with E-state index < -0.39 is 9.85 Å². The summed E-state index contributed by atoms with van der Waals surface area (Å²) in [4.78, 5) is 23.2. The van der Waals surface area contributed by atoms with Crippen LogP contribution < -0.4 is 4.90 Å². The van der Waals surface area contributed by atoms with Crippen molar-refractivity contribution in [3.63, 3.8) is 0 Å². The number of nitro benzene ring substituents is 2. The molecule has 1 aromatic heterocycles. The Kier molecular flexibility index (Phi) is 5.31. The van der Waals surface area contributed by atoms with Gasteiger partial charge in [0.25, 0.3) is 11.4 Å². The molecule has 156 valence electrons. The number of benzene rings is 3. The summed E-state index contributed by atoms with van der Waals surface area (Å²) in [6.45, 7) is 1.03. The lowest BCUT2D eigenvalue weighted by molar-refractivity contribution is -0.385. The molecule has 0 saturated heterocycles. The van der Waals surface area contributed by atoms with Crippen LogP contribution in [0, 0.1) is 20.2 Å². The van der Waals surface area contributed by atoms with Crippen molar-refractivity contribution >= 4 is 28.0 Å². The number of aromatic nitrogens is 2. The van der Waals surface area contributed by atoms with Crippen LogP contribution in [0.4, 0.5) is 17.1 Å². The smallest absolute Gasteiger partial charge is 0.269 e. The number of fused-ring (bicyclic) bond motifs is 1. The maximum absolute atomic E-state index is 10.9. The molecule has 0 aliphatic carbocycles.